The summed E-state index contributed by atoms with van der Waals surface area (Å²) in [4.78, 5) is 30.4. The molecular formula is C44H58F2N2O4. The largest absolute Gasteiger partial charge is 0.393 e. The van der Waals surface area contributed by atoms with Gasteiger partial charge in [0.15, 0.2) is 17.4 Å². The maximum absolute atomic E-state index is 14.5. The van der Waals surface area contributed by atoms with Gasteiger partial charge in [0, 0.05) is 29.1 Å². The lowest BCUT2D eigenvalue weighted by atomic mass is 9.49. The number of amides is 2. The standard InChI is InChI=1S/C44H58F2N2O4/c1-27(2)47-41(51)48(25-43-22-30-16-31(23-43)18-32(17-30)24-43)26-44(52)15-13-37-35-11-8-29(19-34(49)10-7-28(3)6-5-14-42(37,44)4)20-36(35)40(50)33-9-12-38(45)39(46)21-33/h6,8-9,11-12,20-21,27,30-32,34,37,49,52H,5,7,10,13-19,22-26H2,1-4H3,(H,47,51)/t30?,31?,32?,34-,37-,42-,43?,44+/m0/s1. The lowest BCUT2D eigenvalue weighted by Crippen LogP contribution is -2.59. The number of nitrogens with zero attached hydrogens (tertiary/aromatic N) is 1. The number of aliphatic hydroxyl groups excluding tert-OH is 1. The van der Waals surface area contributed by atoms with E-state index in [1.165, 1.54) is 30.9 Å². The molecule has 5 fully saturated rings. The van der Waals surface area contributed by atoms with Gasteiger partial charge in [-0.2, -0.15) is 0 Å². The first kappa shape index (κ1) is 37.2. The number of rotatable bonds is 7. The fraction of sp³-hybridized carbons (Fsp3) is 0.636. The van der Waals surface area contributed by atoms with Crippen molar-refractivity contribution in [3.8, 4) is 0 Å². The van der Waals surface area contributed by atoms with Crippen molar-refractivity contribution in [2.45, 2.75) is 135 Å². The lowest BCUT2D eigenvalue weighted by Gasteiger charge is -2.58. The molecule has 7 aliphatic rings. The van der Waals surface area contributed by atoms with Gasteiger partial charge in [0.25, 0.3) is 0 Å². The molecule has 6 nitrogen and oxygen atoms in total. The molecule has 0 saturated heterocycles. The molecule has 0 radical (unpaired) electrons. The van der Waals surface area contributed by atoms with Gasteiger partial charge in [0.2, 0.25) is 0 Å². The predicted octanol–water partition coefficient (Wildman–Crippen LogP) is 8.87. The highest BCUT2D eigenvalue weighted by molar-refractivity contribution is 6.10. The Hall–Kier alpha value is -3.10. The monoisotopic (exact) mass is 716 g/mol. The van der Waals surface area contributed by atoms with Gasteiger partial charge < -0.3 is 20.4 Å². The van der Waals surface area contributed by atoms with Crippen LogP contribution in [0.3, 0.4) is 0 Å². The number of benzene rings is 2. The maximum Gasteiger partial charge on any atom is 0.317 e. The van der Waals surface area contributed by atoms with E-state index in [0.717, 1.165) is 66.7 Å². The summed E-state index contributed by atoms with van der Waals surface area (Å²) in [5.41, 5.74) is 1.32. The highest BCUT2D eigenvalue weighted by atomic mass is 19.2. The molecule has 52 heavy (non-hydrogen) atoms. The zero-order valence-electron chi connectivity index (χ0n) is 31.5. The molecule has 0 heterocycles. The van der Waals surface area contributed by atoms with Crippen LogP contribution in [0.15, 0.2) is 48.0 Å². The molecule has 4 atom stereocenters. The van der Waals surface area contributed by atoms with Crippen LogP contribution in [0.1, 0.15) is 138 Å². The highest BCUT2D eigenvalue weighted by Crippen LogP contribution is 2.62. The molecule has 2 amide bonds. The minimum Gasteiger partial charge on any atom is -0.393 e. The molecule has 0 spiro atoms. The Labute approximate surface area is 308 Å². The number of hydrogen-bond acceptors (Lipinski definition) is 4. The van der Waals surface area contributed by atoms with Crippen molar-refractivity contribution in [1.82, 2.24) is 10.2 Å². The fourth-order valence-electron chi connectivity index (χ4n) is 11.7. The van der Waals surface area contributed by atoms with Crippen LogP contribution in [-0.2, 0) is 6.42 Å². The first-order chi connectivity index (χ1) is 24.7. The second kappa shape index (κ2) is 14.3. The summed E-state index contributed by atoms with van der Waals surface area (Å²) in [6.07, 6.45) is 13.1. The summed E-state index contributed by atoms with van der Waals surface area (Å²) in [5, 5.41) is 27.2. The van der Waals surface area contributed by atoms with Gasteiger partial charge in [0.1, 0.15) is 0 Å². The quantitative estimate of drug-likeness (QED) is 0.197. The topological polar surface area (TPSA) is 89.9 Å². The van der Waals surface area contributed by atoms with Crippen molar-refractivity contribution in [1.29, 1.82) is 0 Å². The minimum atomic E-state index is -1.25. The number of allylic oxidation sites excluding steroid dienone is 2. The Morgan fingerprint density at radius 1 is 0.942 bits per heavy atom. The molecule has 7 aliphatic carbocycles. The number of fused-ring (bicyclic) bond motifs is 8. The van der Waals surface area contributed by atoms with Crippen LogP contribution >= 0.6 is 0 Å². The van der Waals surface area contributed by atoms with Gasteiger partial charge in [0.05, 0.1) is 18.2 Å². The van der Waals surface area contributed by atoms with Crippen LogP contribution in [0.4, 0.5) is 13.6 Å². The molecule has 3 N–H and O–H groups in total. The van der Waals surface area contributed by atoms with Crippen LogP contribution < -0.4 is 5.32 Å². The number of aliphatic hydroxyl groups is 2. The number of nitrogens with one attached hydrogen (secondary N) is 1. The third-order valence-electron chi connectivity index (χ3n) is 13.9. The SMILES string of the molecule is CC1=CCC[C@@]2(C)[C@@H](CC[C@@]2(O)CN(CC23CC4CC(CC(C4)C2)C3)C(=O)NC(C)C)c2ccc(cc2C(=O)c2ccc(F)c(F)c2)C[C@@H](O)CC1. The summed E-state index contributed by atoms with van der Waals surface area (Å²) in [5.74, 6) is -0.537. The molecule has 9 rings (SSSR count). The molecule has 6 bridgehead atoms. The van der Waals surface area contributed by atoms with Crippen molar-refractivity contribution in [2.75, 3.05) is 13.1 Å². The number of carbonyl (C=O) groups excluding carboxylic acids is 2. The van der Waals surface area contributed by atoms with Crippen molar-refractivity contribution < 1.29 is 28.6 Å². The Balaban J connectivity index is 1.28. The Morgan fingerprint density at radius 3 is 2.29 bits per heavy atom. The van der Waals surface area contributed by atoms with Gasteiger partial charge in [-0.1, -0.05) is 30.7 Å². The molecule has 282 valence electrons. The summed E-state index contributed by atoms with van der Waals surface area (Å²) in [6.45, 7) is 9.03. The van der Waals surface area contributed by atoms with Crippen LogP contribution in [0.25, 0.3) is 0 Å². The van der Waals surface area contributed by atoms with Crippen molar-refractivity contribution in [2.24, 2.45) is 28.6 Å². The van der Waals surface area contributed by atoms with Crippen LogP contribution in [-0.4, -0.2) is 57.8 Å². The van der Waals surface area contributed by atoms with E-state index in [9.17, 15) is 28.6 Å². The van der Waals surface area contributed by atoms with Gasteiger partial charge in [-0.25, -0.2) is 13.6 Å². The molecule has 0 unspecified atom stereocenters. The van der Waals surface area contributed by atoms with Crippen molar-refractivity contribution >= 4 is 11.8 Å². The van der Waals surface area contributed by atoms with Crippen LogP contribution in [0, 0.1) is 40.2 Å². The van der Waals surface area contributed by atoms with Crippen LogP contribution in [0.5, 0.6) is 0 Å². The van der Waals surface area contributed by atoms with E-state index in [1.54, 1.807) is 0 Å². The van der Waals surface area contributed by atoms with Gasteiger partial charge in [-0.3, -0.25) is 4.79 Å². The Bertz CT molecular complexity index is 1690. The molecule has 0 aromatic heterocycles. The average Bonchev–Trinajstić information content (AvgIpc) is 3.32. The zero-order valence-corrected chi connectivity index (χ0v) is 31.5. The summed E-state index contributed by atoms with van der Waals surface area (Å²) < 4.78 is 28.4. The van der Waals surface area contributed by atoms with E-state index in [2.05, 4.69) is 25.2 Å². The second-order valence-electron chi connectivity index (χ2n) is 18.3. The maximum atomic E-state index is 14.5. The van der Waals surface area contributed by atoms with Crippen LogP contribution in [0.2, 0.25) is 0 Å². The number of ketones is 1. The Morgan fingerprint density at radius 2 is 1.63 bits per heavy atom. The number of urea groups is 1. The first-order valence-electron chi connectivity index (χ1n) is 19.9. The van der Waals surface area contributed by atoms with Gasteiger partial charge in [-0.05, 0) is 169 Å². The average molecular weight is 717 g/mol. The van der Waals surface area contributed by atoms with E-state index in [-0.39, 0.29) is 35.5 Å². The smallest absolute Gasteiger partial charge is 0.317 e. The second-order valence-corrected chi connectivity index (χ2v) is 18.3. The summed E-state index contributed by atoms with van der Waals surface area (Å²) in [7, 11) is 0. The predicted molar refractivity (Wildman–Crippen MR) is 199 cm³/mol. The van der Waals surface area contributed by atoms with E-state index < -0.39 is 34.5 Å². The lowest BCUT2D eigenvalue weighted by molar-refractivity contribution is -0.0985. The number of halogens is 2. The fourth-order valence-corrected chi connectivity index (χ4v) is 11.7. The molecule has 5 saturated carbocycles. The number of hydrogen-bond donors (Lipinski definition) is 3. The number of carbonyl (C=O) groups is 2. The third kappa shape index (κ3) is 7.23. The molecule has 2 aromatic carbocycles. The minimum absolute atomic E-state index is 0.0442. The molecule has 2 aromatic rings. The molecule has 0 aliphatic heterocycles. The summed E-state index contributed by atoms with van der Waals surface area (Å²) >= 11 is 0. The van der Waals surface area contributed by atoms with E-state index in [0.29, 0.717) is 50.6 Å². The third-order valence-corrected chi connectivity index (χ3v) is 13.9. The van der Waals surface area contributed by atoms with Crippen molar-refractivity contribution in [3.63, 3.8) is 0 Å². The summed E-state index contributed by atoms with van der Waals surface area (Å²) in [6, 6.07) is 8.81. The molecular weight excluding hydrogens is 658 g/mol. The van der Waals surface area contributed by atoms with E-state index in [1.807, 2.05) is 36.9 Å². The zero-order chi connectivity index (χ0) is 37.0. The van der Waals surface area contributed by atoms with Crippen molar-refractivity contribution in [3.05, 3.63) is 81.9 Å². The molecule has 8 heteroatoms. The normalized spacial score (nSPS) is 34.2. The van der Waals surface area contributed by atoms with Gasteiger partial charge in [-0.15, -0.1) is 0 Å². The van der Waals surface area contributed by atoms with E-state index in [4.69, 9.17) is 0 Å². The first-order valence-corrected chi connectivity index (χ1v) is 19.9. The highest BCUT2D eigenvalue weighted by Gasteiger charge is 2.59. The van der Waals surface area contributed by atoms with Gasteiger partial charge >= 0.3 is 6.03 Å². The van der Waals surface area contributed by atoms with E-state index >= 15 is 0 Å². The Kier molecular flexibility index (Phi) is 10.2.